The van der Waals surface area contributed by atoms with Crippen LogP contribution in [0.15, 0.2) is 30.3 Å². The fraction of sp³-hybridized carbons (Fsp3) is 0.500. The maximum atomic E-state index is 12.1. The van der Waals surface area contributed by atoms with Gasteiger partial charge in [-0.1, -0.05) is 31.0 Å². The number of nitrogens with one attached hydrogen (secondary N) is 3. The number of rotatable bonds is 3. The number of hydrogen-bond donors (Lipinski definition) is 3. The van der Waals surface area contributed by atoms with Crippen LogP contribution in [0.4, 0.5) is 5.69 Å². The Balaban J connectivity index is 1.56. The minimum Gasteiger partial charge on any atom is -0.350 e. The Morgan fingerprint density at radius 1 is 1.14 bits per heavy atom. The van der Waals surface area contributed by atoms with Crippen molar-refractivity contribution in [3.63, 3.8) is 0 Å². The molecule has 1 aliphatic carbocycles. The van der Waals surface area contributed by atoms with Gasteiger partial charge in [-0.25, -0.2) is 0 Å². The molecule has 21 heavy (non-hydrogen) atoms. The summed E-state index contributed by atoms with van der Waals surface area (Å²) in [4.78, 5) is 24.1. The molecule has 5 heteroatoms. The molecule has 1 heterocycles. The van der Waals surface area contributed by atoms with E-state index in [-0.39, 0.29) is 24.3 Å². The Morgan fingerprint density at radius 3 is 2.62 bits per heavy atom. The predicted molar refractivity (Wildman–Crippen MR) is 80.8 cm³/mol. The van der Waals surface area contributed by atoms with E-state index in [1.807, 2.05) is 30.3 Å². The summed E-state index contributed by atoms with van der Waals surface area (Å²) in [5.74, 6) is -0.190. The maximum absolute atomic E-state index is 12.1. The number of amides is 2. The summed E-state index contributed by atoms with van der Waals surface area (Å²) in [6.07, 6.45) is 4.63. The minimum atomic E-state index is -0.423. The second-order valence-corrected chi connectivity index (χ2v) is 5.84. The fourth-order valence-corrected chi connectivity index (χ4v) is 3.19. The summed E-state index contributed by atoms with van der Waals surface area (Å²) in [5, 5.41) is 9.23. The summed E-state index contributed by atoms with van der Waals surface area (Å²) in [5.41, 5.74) is 0.759. The van der Waals surface area contributed by atoms with Gasteiger partial charge in [0.25, 0.3) is 0 Å². The average molecular weight is 287 g/mol. The van der Waals surface area contributed by atoms with Crippen LogP contribution in [0.5, 0.6) is 0 Å². The van der Waals surface area contributed by atoms with Gasteiger partial charge in [0.1, 0.15) is 0 Å². The molecule has 1 saturated heterocycles. The number of hydrogen-bond acceptors (Lipinski definition) is 3. The third-order valence-electron chi connectivity index (χ3n) is 4.27. The number of benzene rings is 1. The smallest absolute Gasteiger partial charge is 0.237 e. The third kappa shape index (κ3) is 3.42. The lowest BCUT2D eigenvalue weighted by molar-refractivity contribution is -0.129. The lowest BCUT2D eigenvalue weighted by Gasteiger charge is -2.40. The van der Waals surface area contributed by atoms with Crippen LogP contribution in [0, 0.1) is 0 Å². The van der Waals surface area contributed by atoms with Crippen molar-refractivity contribution in [1.82, 2.24) is 10.6 Å². The van der Waals surface area contributed by atoms with Gasteiger partial charge < -0.3 is 16.0 Å². The molecule has 3 N–H and O–H groups in total. The van der Waals surface area contributed by atoms with Crippen LogP contribution in [0.1, 0.15) is 32.1 Å². The summed E-state index contributed by atoms with van der Waals surface area (Å²) < 4.78 is 0. The van der Waals surface area contributed by atoms with Gasteiger partial charge in [-0.3, -0.25) is 9.59 Å². The van der Waals surface area contributed by atoms with E-state index in [0.29, 0.717) is 6.04 Å². The Hall–Kier alpha value is -1.88. The Morgan fingerprint density at radius 2 is 1.86 bits per heavy atom. The van der Waals surface area contributed by atoms with Crippen LogP contribution in [0.2, 0.25) is 0 Å². The zero-order valence-corrected chi connectivity index (χ0v) is 12.0. The molecule has 0 bridgehead atoms. The number of para-hydroxylation sites is 1. The van der Waals surface area contributed by atoms with Crippen molar-refractivity contribution < 1.29 is 9.59 Å². The third-order valence-corrected chi connectivity index (χ3v) is 4.27. The first-order valence-corrected chi connectivity index (χ1v) is 7.64. The van der Waals surface area contributed by atoms with Crippen LogP contribution in [-0.4, -0.2) is 29.9 Å². The van der Waals surface area contributed by atoms with Gasteiger partial charge in [-0.2, -0.15) is 0 Å². The number of fused-ring (bicyclic) bond motifs is 1. The highest BCUT2D eigenvalue weighted by Gasteiger charge is 2.36. The molecule has 2 fully saturated rings. The molecule has 1 saturated carbocycles. The Kier molecular flexibility index (Phi) is 4.20. The van der Waals surface area contributed by atoms with E-state index in [4.69, 9.17) is 0 Å². The molecule has 3 atom stereocenters. The summed E-state index contributed by atoms with van der Waals surface area (Å²) in [6, 6.07) is 9.43. The second kappa shape index (κ2) is 6.26. The van der Waals surface area contributed by atoms with Gasteiger partial charge in [0.2, 0.25) is 11.8 Å². The maximum Gasteiger partial charge on any atom is 0.237 e. The van der Waals surface area contributed by atoms with E-state index in [0.717, 1.165) is 18.5 Å². The molecule has 2 amide bonds. The standard InChI is InChI=1S/C16H21N3O2/c20-15(17-11-6-2-1-3-7-11)10-14-16(21)19-13-9-5-4-8-12(13)18-14/h1-3,6-7,12-14,18H,4-5,8-10H2,(H,17,20)(H,19,21). The van der Waals surface area contributed by atoms with E-state index in [1.165, 1.54) is 12.8 Å². The molecule has 2 aliphatic rings. The lowest BCUT2D eigenvalue weighted by Crippen LogP contribution is -2.65. The lowest BCUT2D eigenvalue weighted by atomic mass is 9.87. The second-order valence-electron chi connectivity index (χ2n) is 5.84. The van der Waals surface area contributed by atoms with Gasteiger partial charge in [-0.15, -0.1) is 0 Å². The van der Waals surface area contributed by atoms with Crippen LogP contribution in [0.25, 0.3) is 0 Å². The Labute approximate surface area is 124 Å². The van der Waals surface area contributed by atoms with Crippen molar-refractivity contribution in [3.8, 4) is 0 Å². The molecule has 1 aliphatic heterocycles. The highest BCUT2D eigenvalue weighted by molar-refractivity contribution is 5.95. The molecule has 3 rings (SSSR count). The largest absolute Gasteiger partial charge is 0.350 e. The molecule has 0 radical (unpaired) electrons. The van der Waals surface area contributed by atoms with Crippen molar-refractivity contribution in [2.24, 2.45) is 0 Å². The van der Waals surface area contributed by atoms with Crippen molar-refractivity contribution >= 4 is 17.5 Å². The monoisotopic (exact) mass is 287 g/mol. The zero-order valence-electron chi connectivity index (χ0n) is 12.0. The predicted octanol–water partition coefficient (Wildman–Crippen LogP) is 1.41. The van der Waals surface area contributed by atoms with E-state index < -0.39 is 6.04 Å². The van der Waals surface area contributed by atoms with E-state index in [2.05, 4.69) is 16.0 Å². The molecule has 1 aromatic rings. The molecule has 5 nitrogen and oxygen atoms in total. The van der Waals surface area contributed by atoms with Crippen molar-refractivity contribution in [2.75, 3.05) is 5.32 Å². The van der Waals surface area contributed by atoms with E-state index in [9.17, 15) is 9.59 Å². The minimum absolute atomic E-state index is 0.0543. The van der Waals surface area contributed by atoms with Gasteiger partial charge in [0.15, 0.2) is 0 Å². The number of carbonyl (C=O) groups is 2. The summed E-state index contributed by atoms with van der Waals surface area (Å²) in [7, 11) is 0. The van der Waals surface area contributed by atoms with Crippen molar-refractivity contribution in [3.05, 3.63) is 30.3 Å². The van der Waals surface area contributed by atoms with Gasteiger partial charge in [0.05, 0.1) is 12.5 Å². The summed E-state index contributed by atoms with van der Waals surface area (Å²) in [6.45, 7) is 0. The van der Waals surface area contributed by atoms with Crippen LogP contribution in [-0.2, 0) is 9.59 Å². The van der Waals surface area contributed by atoms with Crippen molar-refractivity contribution in [2.45, 2.75) is 50.2 Å². The molecule has 112 valence electrons. The molecule has 0 spiro atoms. The molecular weight excluding hydrogens is 266 g/mol. The first kappa shape index (κ1) is 14.1. The fourth-order valence-electron chi connectivity index (χ4n) is 3.19. The van der Waals surface area contributed by atoms with E-state index in [1.54, 1.807) is 0 Å². The highest BCUT2D eigenvalue weighted by atomic mass is 16.2. The van der Waals surface area contributed by atoms with Crippen LogP contribution in [0.3, 0.4) is 0 Å². The normalized spacial score (nSPS) is 28.4. The van der Waals surface area contributed by atoms with Gasteiger partial charge in [0, 0.05) is 17.8 Å². The molecular formula is C16H21N3O2. The first-order valence-electron chi connectivity index (χ1n) is 7.64. The number of anilines is 1. The van der Waals surface area contributed by atoms with Crippen molar-refractivity contribution in [1.29, 1.82) is 0 Å². The van der Waals surface area contributed by atoms with E-state index >= 15 is 0 Å². The SMILES string of the molecule is O=C(CC1NC2CCCCC2NC1=O)Nc1ccccc1. The van der Waals surface area contributed by atoms with Gasteiger partial charge in [-0.05, 0) is 25.0 Å². The molecule has 1 aromatic carbocycles. The molecule has 0 aromatic heterocycles. The number of piperazine rings is 1. The first-order chi connectivity index (χ1) is 10.2. The topological polar surface area (TPSA) is 70.2 Å². The quantitative estimate of drug-likeness (QED) is 0.787. The Bertz CT molecular complexity index is 518. The zero-order chi connectivity index (χ0) is 14.7. The number of carbonyl (C=O) groups excluding carboxylic acids is 2. The average Bonchev–Trinajstić information content (AvgIpc) is 2.49. The highest BCUT2D eigenvalue weighted by Crippen LogP contribution is 2.22. The van der Waals surface area contributed by atoms with Crippen LogP contribution < -0.4 is 16.0 Å². The molecule has 3 unspecified atom stereocenters. The summed E-state index contributed by atoms with van der Waals surface area (Å²) >= 11 is 0. The van der Waals surface area contributed by atoms with Gasteiger partial charge >= 0.3 is 0 Å². The van der Waals surface area contributed by atoms with Crippen LogP contribution >= 0.6 is 0 Å².